The average Bonchev–Trinajstić information content (AvgIpc) is 2.80. The zero-order valence-corrected chi connectivity index (χ0v) is 18.8. The minimum Gasteiger partial charge on any atom is -0.340 e. The van der Waals surface area contributed by atoms with Crippen molar-refractivity contribution < 1.29 is 9.31 Å². The summed E-state index contributed by atoms with van der Waals surface area (Å²) in [5.74, 6) is 5.82. The van der Waals surface area contributed by atoms with Gasteiger partial charge in [-0.1, -0.05) is 23.4 Å². The van der Waals surface area contributed by atoms with Crippen LogP contribution in [0.25, 0.3) is 10.9 Å². The van der Waals surface area contributed by atoms with Crippen LogP contribution in [0.1, 0.15) is 12.0 Å². The molecule has 10 heteroatoms. The van der Waals surface area contributed by atoms with Crippen LogP contribution in [0, 0.1) is 27.8 Å². The first-order valence-corrected chi connectivity index (χ1v) is 10.8. The highest BCUT2D eigenvalue weighted by Crippen LogP contribution is 2.30. The summed E-state index contributed by atoms with van der Waals surface area (Å²) in [7, 11) is 2.11. The Bertz CT molecular complexity index is 1250. The Hall–Kier alpha value is -3.32. The second kappa shape index (κ2) is 10.1. The molecular formula is C23H22ClFN6O2. The van der Waals surface area contributed by atoms with Crippen molar-refractivity contribution in [3.63, 3.8) is 0 Å². The van der Waals surface area contributed by atoms with E-state index in [1.165, 1.54) is 30.6 Å². The second-order valence-electron chi connectivity index (χ2n) is 7.82. The predicted molar refractivity (Wildman–Crippen MR) is 126 cm³/mol. The summed E-state index contributed by atoms with van der Waals surface area (Å²) in [4.78, 5) is 24.3. The molecule has 0 unspecified atom stereocenters. The molecule has 1 aliphatic rings. The van der Waals surface area contributed by atoms with Gasteiger partial charge in [0.25, 0.3) is 5.69 Å². The van der Waals surface area contributed by atoms with Gasteiger partial charge in [0.05, 0.1) is 15.5 Å². The van der Waals surface area contributed by atoms with Gasteiger partial charge in [-0.2, -0.15) is 0 Å². The Morgan fingerprint density at radius 1 is 1.21 bits per heavy atom. The van der Waals surface area contributed by atoms with Crippen LogP contribution in [0.3, 0.4) is 0 Å². The van der Waals surface area contributed by atoms with Crippen LogP contribution in [0.15, 0.2) is 36.7 Å². The number of halogens is 2. The van der Waals surface area contributed by atoms with Crippen molar-refractivity contribution in [3.05, 3.63) is 63.2 Å². The highest BCUT2D eigenvalue weighted by Gasteiger charge is 2.17. The Morgan fingerprint density at radius 2 is 2.00 bits per heavy atom. The van der Waals surface area contributed by atoms with Gasteiger partial charge in [0.15, 0.2) is 0 Å². The molecule has 170 valence electrons. The maximum Gasteiger partial charge on any atom is 0.285 e. The quantitative estimate of drug-likeness (QED) is 0.343. The van der Waals surface area contributed by atoms with E-state index in [2.05, 4.69) is 44.0 Å². The first-order valence-electron chi connectivity index (χ1n) is 10.5. The minimum absolute atomic E-state index is 0.0431. The molecule has 1 N–H and O–H groups in total. The third-order valence-corrected chi connectivity index (χ3v) is 5.79. The molecule has 0 spiro atoms. The number of hydrogen-bond acceptors (Lipinski definition) is 7. The summed E-state index contributed by atoms with van der Waals surface area (Å²) in [5, 5.41) is 15.2. The fourth-order valence-corrected chi connectivity index (χ4v) is 3.78. The van der Waals surface area contributed by atoms with E-state index < -0.39 is 10.7 Å². The van der Waals surface area contributed by atoms with Crippen LogP contribution in [0.2, 0.25) is 5.02 Å². The van der Waals surface area contributed by atoms with Crippen molar-refractivity contribution in [2.75, 3.05) is 45.1 Å². The molecule has 33 heavy (non-hydrogen) atoms. The number of anilines is 2. The zero-order valence-electron chi connectivity index (χ0n) is 18.0. The molecule has 0 saturated carbocycles. The predicted octanol–water partition coefficient (Wildman–Crippen LogP) is 4.06. The largest absolute Gasteiger partial charge is 0.340 e. The molecular weight excluding hydrogens is 447 g/mol. The van der Waals surface area contributed by atoms with Crippen LogP contribution >= 0.6 is 11.6 Å². The number of nitrogens with zero attached hydrogens (tertiary/aromatic N) is 5. The summed E-state index contributed by atoms with van der Waals surface area (Å²) in [6.07, 6.45) is 1.98. The smallest absolute Gasteiger partial charge is 0.285 e. The molecule has 4 rings (SSSR count). The number of likely N-dealkylation sites (N-methyl/N-ethyl adjacent to an activating group) is 1. The number of piperazine rings is 1. The maximum absolute atomic E-state index is 13.4. The molecule has 0 radical (unpaired) electrons. The Kier molecular flexibility index (Phi) is 6.99. The first-order chi connectivity index (χ1) is 15.9. The van der Waals surface area contributed by atoms with Crippen molar-refractivity contribution in [1.29, 1.82) is 0 Å². The van der Waals surface area contributed by atoms with Crippen LogP contribution in [-0.2, 0) is 0 Å². The first kappa shape index (κ1) is 22.9. The molecule has 3 aromatic rings. The van der Waals surface area contributed by atoms with Crippen molar-refractivity contribution in [3.8, 4) is 11.8 Å². The van der Waals surface area contributed by atoms with E-state index in [1.807, 2.05) is 0 Å². The number of hydrogen-bond donors (Lipinski definition) is 1. The van der Waals surface area contributed by atoms with Gasteiger partial charge in [0, 0.05) is 56.3 Å². The summed E-state index contributed by atoms with van der Waals surface area (Å²) < 4.78 is 13.4. The van der Waals surface area contributed by atoms with Gasteiger partial charge in [-0.05, 0) is 31.3 Å². The normalized spacial score (nSPS) is 14.6. The lowest BCUT2D eigenvalue weighted by molar-refractivity contribution is -0.385. The second-order valence-corrected chi connectivity index (χ2v) is 8.22. The summed E-state index contributed by atoms with van der Waals surface area (Å²) in [6.45, 7) is 4.90. The summed E-state index contributed by atoms with van der Waals surface area (Å²) in [5.41, 5.74) is 1.19. The number of nitro benzene ring substituents is 1. The van der Waals surface area contributed by atoms with Crippen LogP contribution in [0.5, 0.6) is 0 Å². The van der Waals surface area contributed by atoms with Gasteiger partial charge >= 0.3 is 0 Å². The fraction of sp³-hybridized carbons (Fsp3) is 0.304. The van der Waals surface area contributed by atoms with Gasteiger partial charge in [-0.15, -0.1) is 0 Å². The van der Waals surface area contributed by atoms with Crippen molar-refractivity contribution in [1.82, 2.24) is 19.8 Å². The Balaban J connectivity index is 1.58. The van der Waals surface area contributed by atoms with Gasteiger partial charge in [-0.3, -0.25) is 15.0 Å². The average molecular weight is 469 g/mol. The van der Waals surface area contributed by atoms with Gasteiger partial charge in [-0.25, -0.2) is 14.4 Å². The monoisotopic (exact) mass is 468 g/mol. The van der Waals surface area contributed by atoms with Crippen LogP contribution < -0.4 is 5.32 Å². The van der Waals surface area contributed by atoms with E-state index in [4.69, 9.17) is 11.6 Å². The van der Waals surface area contributed by atoms with Crippen LogP contribution in [-0.4, -0.2) is 64.5 Å². The molecule has 0 aliphatic carbocycles. The van der Waals surface area contributed by atoms with E-state index in [-0.39, 0.29) is 10.7 Å². The molecule has 2 aromatic carbocycles. The minimum atomic E-state index is -0.541. The Labute approximate surface area is 195 Å². The molecule has 1 fully saturated rings. The lowest BCUT2D eigenvalue weighted by Crippen LogP contribution is -2.44. The summed E-state index contributed by atoms with van der Waals surface area (Å²) >= 11 is 5.84. The maximum atomic E-state index is 13.4. The van der Waals surface area contributed by atoms with E-state index in [0.29, 0.717) is 34.4 Å². The van der Waals surface area contributed by atoms with Crippen LogP contribution in [0.4, 0.5) is 21.6 Å². The lowest BCUT2D eigenvalue weighted by Gasteiger charge is -2.31. The SMILES string of the molecule is CN1CCN(CCC#Cc2cc3ncnc(Nc4ccc(F)c(Cl)c4)c3cc2[N+](=O)[O-])CC1. The number of aromatic nitrogens is 2. The third kappa shape index (κ3) is 5.54. The highest BCUT2D eigenvalue weighted by molar-refractivity contribution is 6.31. The van der Waals surface area contributed by atoms with Crippen molar-refractivity contribution >= 4 is 39.7 Å². The van der Waals surface area contributed by atoms with Crippen molar-refractivity contribution in [2.24, 2.45) is 0 Å². The molecule has 0 bridgehead atoms. The van der Waals surface area contributed by atoms with Gasteiger partial charge < -0.3 is 10.2 Å². The molecule has 1 saturated heterocycles. The van der Waals surface area contributed by atoms with E-state index in [9.17, 15) is 14.5 Å². The van der Waals surface area contributed by atoms with E-state index in [1.54, 1.807) is 6.07 Å². The number of nitro groups is 1. The third-order valence-electron chi connectivity index (χ3n) is 5.50. The molecule has 1 aliphatic heterocycles. The highest BCUT2D eigenvalue weighted by atomic mass is 35.5. The van der Waals surface area contributed by atoms with E-state index >= 15 is 0 Å². The van der Waals surface area contributed by atoms with Gasteiger partial charge in [0.2, 0.25) is 0 Å². The molecule has 1 aromatic heterocycles. The van der Waals surface area contributed by atoms with Gasteiger partial charge in [0.1, 0.15) is 23.5 Å². The van der Waals surface area contributed by atoms with Crippen molar-refractivity contribution in [2.45, 2.75) is 6.42 Å². The number of benzene rings is 2. The lowest BCUT2D eigenvalue weighted by atomic mass is 10.1. The number of fused-ring (bicyclic) bond motifs is 1. The fourth-order valence-electron chi connectivity index (χ4n) is 3.60. The Morgan fingerprint density at radius 3 is 2.73 bits per heavy atom. The molecule has 2 heterocycles. The molecule has 0 atom stereocenters. The number of rotatable bonds is 5. The molecule has 8 nitrogen and oxygen atoms in total. The zero-order chi connectivity index (χ0) is 23.4. The van der Waals surface area contributed by atoms with E-state index in [0.717, 1.165) is 32.7 Å². The number of nitrogens with one attached hydrogen (secondary N) is 1. The summed E-state index contributed by atoms with van der Waals surface area (Å²) in [6, 6.07) is 7.16. The topological polar surface area (TPSA) is 87.4 Å². The standard InChI is InChI=1S/C23H22ClFN6O2/c1-29-8-10-30(11-9-29)7-3-2-4-16-12-21-18(14-22(16)31(32)33)23(27-15-26-21)28-17-5-6-20(25)19(24)13-17/h5-6,12-15H,3,7-11H2,1H3,(H,26,27,28). The molecule has 0 amide bonds.